The molecule has 2 aromatic carbocycles. The maximum absolute atomic E-state index is 14.0. The summed E-state index contributed by atoms with van der Waals surface area (Å²) in [5.41, 5.74) is 4.40. The number of aliphatic carboxylic acids is 1. The van der Waals surface area contributed by atoms with Crippen LogP contribution < -0.4 is 5.32 Å². The van der Waals surface area contributed by atoms with E-state index in [4.69, 9.17) is 5.11 Å². The normalized spacial score (nSPS) is 13.1. The van der Waals surface area contributed by atoms with Crippen molar-refractivity contribution in [1.82, 2.24) is 9.88 Å². The van der Waals surface area contributed by atoms with Gasteiger partial charge >= 0.3 is 5.97 Å². The molecule has 1 aromatic heterocycles. The Bertz CT molecular complexity index is 1410. The second-order valence-electron chi connectivity index (χ2n) is 10.1. The van der Waals surface area contributed by atoms with Crippen molar-refractivity contribution >= 4 is 11.9 Å². The van der Waals surface area contributed by atoms with E-state index in [0.29, 0.717) is 33.8 Å². The van der Waals surface area contributed by atoms with Gasteiger partial charge in [0.2, 0.25) is 0 Å². The van der Waals surface area contributed by atoms with Crippen LogP contribution in [-0.4, -0.2) is 44.0 Å². The number of hydrogen-bond donors (Lipinski definition) is 4. The van der Waals surface area contributed by atoms with Crippen molar-refractivity contribution in [2.45, 2.75) is 57.8 Å². The summed E-state index contributed by atoms with van der Waals surface area (Å²) >= 11 is 0. The summed E-state index contributed by atoms with van der Waals surface area (Å²) in [6.07, 6.45) is 2.13. The zero-order valence-electron chi connectivity index (χ0n) is 23.4. The highest BCUT2D eigenvalue weighted by Gasteiger charge is 2.31. The number of carboxylic acid groups (broad SMARTS) is 1. The van der Waals surface area contributed by atoms with Gasteiger partial charge in [-0.1, -0.05) is 63.4 Å². The lowest BCUT2D eigenvalue weighted by molar-refractivity contribution is -0.139. The van der Waals surface area contributed by atoms with Crippen molar-refractivity contribution in [3.8, 4) is 22.4 Å². The van der Waals surface area contributed by atoms with Gasteiger partial charge in [0.1, 0.15) is 5.82 Å². The predicted octanol–water partition coefficient (Wildman–Crippen LogP) is 6.05. The molecule has 0 aliphatic rings. The number of rotatable bonds is 14. The van der Waals surface area contributed by atoms with Crippen LogP contribution in [-0.2, 0) is 11.3 Å². The number of nitrogens with one attached hydrogen (secondary N) is 1. The minimum atomic E-state index is -1.19. The Morgan fingerprint density at radius 3 is 2.22 bits per heavy atom. The van der Waals surface area contributed by atoms with Crippen LogP contribution in [0.25, 0.3) is 22.4 Å². The van der Waals surface area contributed by atoms with E-state index in [0.717, 1.165) is 5.56 Å². The monoisotopic (exact) mass is 560 g/mol. The lowest BCUT2D eigenvalue weighted by Crippen LogP contribution is -2.24. The van der Waals surface area contributed by atoms with Gasteiger partial charge in [-0.05, 0) is 66.3 Å². The van der Waals surface area contributed by atoms with Crippen LogP contribution in [0.4, 0.5) is 4.39 Å². The molecule has 0 saturated heterocycles. The summed E-state index contributed by atoms with van der Waals surface area (Å²) in [6.45, 7) is 11.7. The Morgan fingerprint density at radius 1 is 1.00 bits per heavy atom. The van der Waals surface area contributed by atoms with Crippen LogP contribution in [0.5, 0.6) is 0 Å². The van der Waals surface area contributed by atoms with E-state index in [2.05, 4.69) is 18.5 Å². The molecule has 1 amide bonds. The summed E-state index contributed by atoms with van der Waals surface area (Å²) in [7, 11) is 0. The zero-order chi connectivity index (χ0) is 30.1. The second kappa shape index (κ2) is 14.4. The average molecular weight is 561 g/mol. The van der Waals surface area contributed by atoms with Crippen molar-refractivity contribution in [2.24, 2.45) is 0 Å². The summed E-state index contributed by atoms with van der Waals surface area (Å²) in [4.78, 5) is 25.0. The molecular formula is C33H37FN2O5. The number of amides is 1. The first-order valence-electron chi connectivity index (χ1n) is 13.5. The molecule has 3 rings (SSSR count). The molecule has 216 valence electrons. The number of aromatic nitrogens is 1. The fraction of sp³-hybridized carbons (Fsp3) is 0.273. The van der Waals surface area contributed by atoms with E-state index in [-0.39, 0.29) is 31.2 Å². The number of aliphatic hydroxyl groups is 2. The maximum Gasteiger partial charge on any atom is 0.305 e. The molecule has 0 bridgehead atoms. The highest BCUT2D eigenvalue weighted by Crippen LogP contribution is 2.42. The van der Waals surface area contributed by atoms with Gasteiger partial charge in [-0.2, -0.15) is 0 Å². The lowest BCUT2D eigenvalue weighted by atomic mass is 9.94. The van der Waals surface area contributed by atoms with Crippen molar-refractivity contribution in [3.63, 3.8) is 0 Å². The van der Waals surface area contributed by atoms with Crippen molar-refractivity contribution < 1.29 is 29.3 Å². The smallest absolute Gasteiger partial charge is 0.305 e. The minimum Gasteiger partial charge on any atom is -0.481 e. The van der Waals surface area contributed by atoms with Gasteiger partial charge in [0, 0.05) is 23.5 Å². The fourth-order valence-corrected chi connectivity index (χ4v) is 4.97. The third-order valence-electron chi connectivity index (χ3n) is 6.67. The Balaban J connectivity index is 2.26. The molecule has 0 aliphatic heterocycles. The standard InChI is InChI=1S/C33H37FN2O5/c1-5-10-25(6-2)35-33(41)30-29(22-11-8-7-9-12-22)32(23-13-15-24(34)16-14-23)36(31(30)21(3)4)18-17-26(37)19-27(38)20-28(39)40/h5-16,21,26-27,37-38H,1-2,17-20H2,3-4H3,(H,35,41)(H,39,40)/b25-10+/t26-,27-/m1/s1. The topological polar surface area (TPSA) is 112 Å². The van der Waals surface area contributed by atoms with Crippen LogP contribution in [0.1, 0.15) is 55.1 Å². The lowest BCUT2D eigenvalue weighted by Gasteiger charge is -2.20. The summed E-state index contributed by atoms with van der Waals surface area (Å²) < 4.78 is 16.0. The first kappa shape index (κ1) is 31.3. The van der Waals surface area contributed by atoms with Gasteiger partial charge in [0.05, 0.1) is 29.9 Å². The van der Waals surface area contributed by atoms with Gasteiger partial charge in [0.15, 0.2) is 0 Å². The number of hydrogen-bond acceptors (Lipinski definition) is 4. The van der Waals surface area contributed by atoms with Gasteiger partial charge in [-0.25, -0.2) is 4.39 Å². The molecule has 0 unspecified atom stereocenters. The summed E-state index contributed by atoms with van der Waals surface area (Å²) in [5.74, 6) is -2.05. The Morgan fingerprint density at radius 2 is 1.66 bits per heavy atom. The number of allylic oxidation sites excluding steroid dienone is 3. The molecule has 0 spiro atoms. The molecule has 0 saturated carbocycles. The quantitative estimate of drug-likeness (QED) is 0.180. The second-order valence-corrected chi connectivity index (χ2v) is 10.1. The van der Waals surface area contributed by atoms with Gasteiger partial charge in [-0.15, -0.1) is 0 Å². The first-order chi connectivity index (χ1) is 19.6. The Hall–Kier alpha value is -4.27. The summed E-state index contributed by atoms with van der Waals surface area (Å²) in [5, 5.41) is 32.6. The molecule has 41 heavy (non-hydrogen) atoms. The molecule has 4 N–H and O–H groups in total. The van der Waals surface area contributed by atoms with E-state index >= 15 is 0 Å². The number of carbonyl (C=O) groups is 2. The minimum absolute atomic E-state index is 0.107. The van der Waals surface area contributed by atoms with Crippen molar-refractivity contribution in [2.75, 3.05) is 0 Å². The van der Waals surface area contributed by atoms with Crippen LogP contribution in [0.2, 0.25) is 0 Å². The van der Waals surface area contributed by atoms with Gasteiger partial charge in [-0.3, -0.25) is 9.59 Å². The highest BCUT2D eigenvalue weighted by molar-refractivity contribution is 6.07. The average Bonchev–Trinajstić information content (AvgIpc) is 3.27. The molecular weight excluding hydrogens is 523 g/mol. The molecule has 1 heterocycles. The fourth-order valence-electron chi connectivity index (χ4n) is 4.97. The van der Waals surface area contributed by atoms with E-state index in [9.17, 15) is 24.2 Å². The number of carboxylic acids is 1. The van der Waals surface area contributed by atoms with E-state index in [1.54, 1.807) is 24.3 Å². The summed E-state index contributed by atoms with van der Waals surface area (Å²) in [6, 6.07) is 15.4. The molecule has 0 aliphatic carbocycles. The van der Waals surface area contributed by atoms with Crippen LogP contribution >= 0.6 is 0 Å². The number of nitrogens with zero attached hydrogens (tertiary/aromatic N) is 1. The predicted molar refractivity (Wildman–Crippen MR) is 159 cm³/mol. The molecule has 8 heteroatoms. The van der Waals surface area contributed by atoms with E-state index in [1.165, 1.54) is 18.2 Å². The molecule has 7 nitrogen and oxygen atoms in total. The number of aliphatic hydroxyl groups excluding tert-OH is 2. The maximum atomic E-state index is 14.0. The number of carbonyl (C=O) groups excluding carboxylic acids is 1. The Kier molecular flexibility index (Phi) is 11.0. The van der Waals surface area contributed by atoms with Crippen molar-refractivity contribution in [1.29, 1.82) is 0 Å². The SMILES string of the molecule is C=C/C=C(\C=C)NC(=O)c1c(-c2ccccc2)c(-c2ccc(F)cc2)n(CC[C@@H](O)C[C@@H](O)CC(=O)O)c1C(C)C. The van der Waals surface area contributed by atoms with Crippen LogP contribution in [0.3, 0.4) is 0 Å². The Labute approximate surface area is 240 Å². The molecule has 3 aromatic rings. The third kappa shape index (κ3) is 7.90. The van der Waals surface area contributed by atoms with Gasteiger partial charge in [0.25, 0.3) is 5.91 Å². The number of benzene rings is 2. The zero-order valence-corrected chi connectivity index (χ0v) is 23.4. The first-order valence-corrected chi connectivity index (χ1v) is 13.5. The van der Waals surface area contributed by atoms with E-state index in [1.807, 2.05) is 48.7 Å². The van der Waals surface area contributed by atoms with Crippen molar-refractivity contribution in [3.05, 3.63) is 109 Å². The third-order valence-corrected chi connectivity index (χ3v) is 6.67. The molecule has 2 atom stereocenters. The highest BCUT2D eigenvalue weighted by atomic mass is 19.1. The van der Waals surface area contributed by atoms with Gasteiger partial charge < -0.3 is 25.2 Å². The largest absolute Gasteiger partial charge is 0.481 e. The molecule has 0 fully saturated rings. The van der Waals surface area contributed by atoms with E-state index < -0.39 is 30.4 Å². The van der Waals surface area contributed by atoms with Crippen LogP contribution in [0, 0.1) is 5.82 Å². The van der Waals surface area contributed by atoms with Crippen LogP contribution in [0.15, 0.2) is 91.7 Å². The molecule has 0 radical (unpaired) electrons. The number of halogens is 1.